The van der Waals surface area contributed by atoms with Crippen molar-refractivity contribution in [1.29, 1.82) is 0 Å². The lowest BCUT2D eigenvalue weighted by molar-refractivity contribution is -0.139. The summed E-state index contributed by atoms with van der Waals surface area (Å²) in [6.07, 6.45) is 2.53. The molecule has 3 aliphatic rings. The molecule has 3 aromatic rings. The first-order chi connectivity index (χ1) is 19.7. The van der Waals surface area contributed by atoms with Crippen molar-refractivity contribution in [2.24, 2.45) is 0 Å². The first-order valence-electron chi connectivity index (χ1n) is 13.8. The lowest BCUT2D eigenvalue weighted by Gasteiger charge is -2.42. The molecule has 2 amide bonds. The summed E-state index contributed by atoms with van der Waals surface area (Å²) in [5.74, 6) is 0.361. The second kappa shape index (κ2) is 11.0. The number of amides is 2. The predicted molar refractivity (Wildman–Crippen MR) is 157 cm³/mol. The number of carbonyl (C=O) groups is 2. The number of hydrogen-bond donors (Lipinski definition) is 0. The Balaban J connectivity index is 1.36. The number of hydrogen-bond acceptors (Lipinski definition) is 5. The minimum absolute atomic E-state index is 0.0129. The van der Waals surface area contributed by atoms with Gasteiger partial charge in [0.2, 0.25) is 11.8 Å². The summed E-state index contributed by atoms with van der Waals surface area (Å²) >= 11 is 12.6. The molecule has 0 unspecified atom stereocenters. The lowest BCUT2D eigenvalue weighted by atomic mass is 9.78. The summed E-state index contributed by atoms with van der Waals surface area (Å²) in [4.78, 5) is 29.3. The molecule has 0 saturated carbocycles. The van der Waals surface area contributed by atoms with Crippen LogP contribution in [0.5, 0.6) is 5.75 Å². The fourth-order valence-electron chi connectivity index (χ4n) is 6.65. The maximum Gasteiger partial charge on any atom is 0.242 e. The van der Waals surface area contributed by atoms with E-state index in [1.165, 1.54) is 0 Å². The van der Waals surface area contributed by atoms with Crippen molar-refractivity contribution in [2.45, 2.75) is 54.4 Å². The first kappa shape index (κ1) is 28.1. The van der Waals surface area contributed by atoms with Crippen LogP contribution in [-0.4, -0.2) is 55.7 Å². The van der Waals surface area contributed by atoms with E-state index in [1.54, 1.807) is 64.4 Å². The lowest BCUT2D eigenvalue weighted by Crippen LogP contribution is -2.53. The average molecular weight is 614 g/mol. The van der Waals surface area contributed by atoms with Gasteiger partial charge >= 0.3 is 0 Å². The molecule has 1 aliphatic carbocycles. The Bertz CT molecular complexity index is 1590. The van der Waals surface area contributed by atoms with Crippen LogP contribution in [0.4, 0.5) is 0 Å². The molecule has 7 nitrogen and oxygen atoms in total. The molecule has 2 atom stereocenters. The van der Waals surface area contributed by atoms with Gasteiger partial charge in [-0.25, -0.2) is 8.42 Å². The number of benzene rings is 3. The van der Waals surface area contributed by atoms with Gasteiger partial charge in [-0.1, -0.05) is 53.5 Å². The van der Waals surface area contributed by atoms with Crippen molar-refractivity contribution in [3.8, 4) is 5.75 Å². The molecule has 6 rings (SSSR count). The van der Waals surface area contributed by atoms with Gasteiger partial charge in [0.1, 0.15) is 17.1 Å². The summed E-state index contributed by atoms with van der Waals surface area (Å²) in [6, 6.07) is 18.7. The van der Waals surface area contributed by atoms with Crippen LogP contribution in [0.25, 0.3) is 0 Å². The summed E-state index contributed by atoms with van der Waals surface area (Å²) in [5.41, 5.74) is 2.26. The zero-order valence-corrected chi connectivity index (χ0v) is 24.7. The molecule has 2 saturated heterocycles. The van der Waals surface area contributed by atoms with E-state index in [0.29, 0.717) is 59.3 Å². The van der Waals surface area contributed by atoms with Crippen molar-refractivity contribution in [1.82, 2.24) is 9.80 Å². The number of halogens is 2. The smallest absolute Gasteiger partial charge is 0.242 e. The van der Waals surface area contributed by atoms with E-state index in [9.17, 15) is 18.0 Å². The van der Waals surface area contributed by atoms with Crippen molar-refractivity contribution in [2.75, 3.05) is 19.6 Å². The molecule has 10 heteroatoms. The van der Waals surface area contributed by atoms with Gasteiger partial charge in [-0.05, 0) is 73.2 Å². The molecule has 0 N–H and O–H groups in total. The minimum Gasteiger partial charge on any atom is -0.489 e. The third-order valence-electron chi connectivity index (χ3n) is 8.65. The number of aryl methyl sites for hydroxylation is 1. The van der Waals surface area contributed by atoms with Gasteiger partial charge in [-0.3, -0.25) is 9.59 Å². The summed E-state index contributed by atoms with van der Waals surface area (Å²) in [7, 11) is -3.91. The van der Waals surface area contributed by atoms with Crippen LogP contribution in [0, 0.1) is 0 Å². The second-order valence-electron chi connectivity index (χ2n) is 10.8. The van der Waals surface area contributed by atoms with Crippen LogP contribution in [0.3, 0.4) is 0 Å². The Labute approximate surface area is 249 Å². The molecule has 2 fully saturated rings. The van der Waals surface area contributed by atoms with Crippen LogP contribution < -0.4 is 4.74 Å². The first-order valence-corrected chi connectivity index (χ1v) is 16.0. The van der Waals surface area contributed by atoms with Crippen LogP contribution in [-0.2, 0) is 37.2 Å². The van der Waals surface area contributed by atoms with E-state index in [0.717, 1.165) is 12.0 Å². The SMILES string of the molecule is O=C1CCCN1CC(=O)N1CC[C@@]2(S(=O)(=O)c3ccccc3)c3ccc(OCc4c(Cl)cccc4Cl)cc3CC[C@@H]12. The topological polar surface area (TPSA) is 84.0 Å². The molecule has 0 bridgehead atoms. The maximum absolute atomic E-state index is 14.5. The van der Waals surface area contributed by atoms with Crippen molar-refractivity contribution < 1.29 is 22.7 Å². The quantitative estimate of drug-likeness (QED) is 0.356. The van der Waals surface area contributed by atoms with Gasteiger partial charge in [-0.15, -0.1) is 0 Å². The molecular formula is C31H30Cl2N2O5S. The molecule has 0 spiro atoms. The summed E-state index contributed by atoms with van der Waals surface area (Å²) in [6.45, 7) is 1.02. The van der Waals surface area contributed by atoms with E-state index in [2.05, 4.69) is 0 Å². The number of likely N-dealkylation sites (tertiary alicyclic amines) is 2. The van der Waals surface area contributed by atoms with Crippen molar-refractivity contribution in [3.05, 3.63) is 93.5 Å². The van der Waals surface area contributed by atoms with E-state index in [4.69, 9.17) is 27.9 Å². The molecule has 2 aliphatic heterocycles. The fourth-order valence-corrected chi connectivity index (χ4v) is 9.55. The second-order valence-corrected chi connectivity index (χ2v) is 13.8. The number of carbonyl (C=O) groups excluding carboxylic acids is 2. The molecule has 2 heterocycles. The molecule has 0 aromatic heterocycles. The third kappa shape index (κ3) is 4.80. The Morgan fingerprint density at radius 1 is 0.976 bits per heavy atom. The van der Waals surface area contributed by atoms with E-state index in [-0.39, 0.29) is 36.3 Å². The van der Waals surface area contributed by atoms with Crippen LogP contribution in [0.1, 0.15) is 42.4 Å². The maximum atomic E-state index is 14.5. The summed E-state index contributed by atoms with van der Waals surface area (Å²) < 4.78 is 33.8. The van der Waals surface area contributed by atoms with Crippen molar-refractivity contribution in [3.63, 3.8) is 0 Å². The number of fused-ring (bicyclic) bond motifs is 3. The Kier molecular flexibility index (Phi) is 7.51. The number of ether oxygens (including phenoxy) is 1. The van der Waals surface area contributed by atoms with Crippen LogP contribution in [0.2, 0.25) is 10.0 Å². The van der Waals surface area contributed by atoms with Gasteiger partial charge in [0.05, 0.1) is 17.5 Å². The Morgan fingerprint density at radius 2 is 1.73 bits per heavy atom. The van der Waals surface area contributed by atoms with E-state index in [1.807, 2.05) is 12.1 Å². The highest BCUT2D eigenvalue weighted by molar-refractivity contribution is 7.92. The fraction of sp³-hybridized carbons (Fsp3) is 0.355. The highest BCUT2D eigenvalue weighted by Crippen LogP contribution is 2.53. The van der Waals surface area contributed by atoms with Gasteiger partial charge in [0.15, 0.2) is 9.84 Å². The number of sulfone groups is 1. The molecule has 0 radical (unpaired) electrons. The van der Waals surface area contributed by atoms with Gasteiger partial charge < -0.3 is 14.5 Å². The molecule has 3 aromatic carbocycles. The molecule has 214 valence electrons. The van der Waals surface area contributed by atoms with Gasteiger partial charge in [-0.2, -0.15) is 0 Å². The molecule has 41 heavy (non-hydrogen) atoms. The minimum atomic E-state index is -3.91. The zero-order chi connectivity index (χ0) is 28.8. The number of nitrogens with zero attached hydrogens (tertiary/aromatic N) is 2. The molecular weight excluding hydrogens is 583 g/mol. The third-order valence-corrected chi connectivity index (χ3v) is 11.9. The standard InChI is InChI=1S/C31H30Cl2N2O5S/c32-26-8-4-9-27(33)24(26)20-40-22-12-13-25-21(18-22)11-14-28-31(25,41(38,39)23-6-2-1-3-7-23)15-17-35(28)30(37)19-34-16-5-10-29(34)36/h1-4,6-9,12-13,18,28H,5,10-11,14-17,19-20H2/t28-,31-/m1/s1. The Morgan fingerprint density at radius 3 is 2.44 bits per heavy atom. The normalized spacial score (nSPS) is 22.0. The monoisotopic (exact) mass is 612 g/mol. The summed E-state index contributed by atoms with van der Waals surface area (Å²) in [5, 5.41) is 1.02. The zero-order valence-electron chi connectivity index (χ0n) is 22.4. The van der Waals surface area contributed by atoms with Crippen LogP contribution >= 0.6 is 23.2 Å². The number of rotatable bonds is 7. The average Bonchev–Trinajstić information content (AvgIpc) is 3.57. The van der Waals surface area contributed by atoms with Gasteiger partial charge in [0, 0.05) is 35.1 Å². The van der Waals surface area contributed by atoms with Crippen LogP contribution in [0.15, 0.2) is 71.6 Å². The largest absolute Gasteiger partial charge is 0.489 e. The van der Waals surface area contributed by atoms with E-state index >= 15 is 0 Å². The van der Waals surface area contributed by atoms with Crippen molar-refractivity contribution >= 4 is 44.9 Å². The highest BCUT2D eigenvalue weighted by Gasteiger charge is 2.60. The van der Waals surface area contributed by atoms with Gasteiger partial charge in [0.25, 0.3) is 0 Å². The Hall–Kier alpha value is -3.07. The predicted octanol–water partition coefficient (Wildman–Crippen LogP) is 5.41. The van der Waals surface area contributed by atoms with E-state index < -0.39 is 20.6 Å². The highest BCUT2D eigenvalue weighted by atomic mass is 35.5.